The molecule has 6 heteroatoms. The van der Waals surface area contributed by atoms with Gasteiger partial charge in [-0.2, -0.15) is 5.10 Å². The van der Waals surface area contributed by atoms with Crippen LogP contribution in [0.3, 0.4) is 0 Å². The second kappa shape index (κ2) is 5.70. The summed E-state index contributed by atoms with van der Waals surface area (Å²) in [6, 6.07) is 7.66. The smallest absolute Gasteiger partial charge is 0.180 e. The van der Waals surface area contributed by atoms with Gasteiger partial charge >= 0.3 is 0 Å². The Morgan fingerprint density at radius 3 is 2.81 bits per heavy atom. The standard InChI is InChI=1S/C15H16N6/c1-3-11-8-14(18-12-9-17-21(2)10-12)20-15(19-11)13-6-4-5-7-16-13/h4-10H,3H2,1-2H3,(H,18,19,20). The van der Waals surface area contributed by atoms with Crippen LogP contribution >= 0.6 is 0 Å². The fraction of sp³-hybridized carbons (Fsp3) is 0.200. The summed E-state index contributed by atoms with van der Waals surface area (Å²) in [5, 5.41) is 7.38. The molecule has 3 aromatic rings. The second-order valence-corrected chi connectivity index (χ2v) is 4.66. The molecule has 0 saturated heterocycles. The molecule has 0 fully saturated rings. The van der Waals surface area contributed by atoms with Crippen LogP contribution in [-0.2, 0) is 13.5 Å². The van der Waals surface area contributed by atoms with E-state index in [-0.39, 0.29) is 0 Å². The van der Waals surface area contributed by atoms with Crippen LogP contribution in [-0.4, -0.2) is 24.7 Å². The molecule has 21 heavy (non-hydrogen) atoms. The highest BCUT2D eigenvalue weighted by atomic mass is 15.3. The monoisotopic (exact) mass is 280 g/mol. The van der Waals surface area contributed by atoms with Crippen LogP contribution in [0.4, 0.5) is 11.5 Å². The zero-order valence-electron chi connectivity index (χ0n) is 12.0. The molecule has 3 rings (SSSR count). The van der Waals surface area contributed by atoms with Gasteiger partial charge in [0.05, 0.1) is 11.9 Å². The summed E-state index contributed by atoms with van der Waals surface area (Å²) in [7, 11) is 1.88. The lowest BCUT2D eigenvalue weighted by Crippen LogP contribution is -2.01. The third-order valence-corrected chi connectivity index (χ3v) is 3.01. The Morgan fingerprint density at radius 1 is 1.24 bits per heavy atom. The van der Waals surface area contributed by atoms with Crippen LogP contribution in [0, 0.1) is 0 Å². The molecule has 0 aromatic carbocycles. The lowest BCUT2D eigenvalue weighted by atomic mass is 10.3. The summed E-state index contributed by atoms with van der Waals surface area (Å²) in [4.78, 5) is 13.4. The highest BCUT2D eigenvalue weighted by molar-refractivity contribution is 5.58. The van der Waals surface area contributed by atoms with E-state index >= 15 is 0 Å². The molecule has 0 radical (unpaired) electrons. The molecule has 0 spiro atoms. The number of aryl methyl sites for hydroxylation is 2. The topological polar surface area (TPSA) is 68.5 Å². The number of nitrogens with one attached hydrogen (secondary N) is 1. The van der Waals surface area contributed by atoms with Gasteiger partial charge in [-0.15, -0.1) is 0 Å². The number of rotatable bonds is 4. The first-order valence-corrected chi connectivity index (χ1v) is 6.79. The molecule has 1 N–H and O–H groups in total. The molecule has 0 atom stereocenters. The van der Waals surface area contributed by atoms with Crippen molar-refractivity contribution in [3.8, 4) is 11.5 Å². The van der Waals surface area contributed by atoms with E-state index in [4.69, 9.17) is 0 Å². The first-order valence-electron chi connectivity index (χ1n) is 6.79. The Bertz CT molecular complexity index is 735. The van der Waals surface area contributed by atoms with Crippen LogP contribution in [0.2, 0.25) is 0 Å². The molecule has 0 saturated carbocycles. The number of hydrogen-bond donors (Lipinski definition) is 1. The van der Waals surface area contributed by atoms with E-state index in [1.165, 1.54) is 0 Å². The van der Waals surface area contributed by atoms with Crippen molar-refractivity contribution in [2.75, 3.05) is 5.32 Å². The average Bonchev–Trinajstić information content (AvgIpc) is 2.93. The summed E-state index contributed by atoms with van der Waals surface area (Å²) < 4.78 is 1.74. The normalized spacial score (nSPS) is 10.6. The van der Waals surface area contributed by atoms with Crippen LogP contribution in [0.15, 0.2) is 42.9 Å². The van der Waals surface area contributed by atoms with Crippen molar-refractivity contribution in [3.63, 3.8) is 0 Å². The van der Waals surface area contributed by atoms with Crippen LogP contribution in [0.1, 0.15) is 12.6 Å². The Hall–Kier alpha value is -2.76. The zero-order valence-corrected chi connectivity index (χ0v) is 12.0. The third-order valence-electron chi connectivity index (χ3n) is 3.01. The Morgan fingerprint density at radius 2 is 2.14 bits per heavy atom. The SMILES string of the molecule is CCc1cc(Nc2cnn(C)c2)nc(-c2ccccn2)n1. The highest BCUT2D eigenvalue weighted by Crippen LogP contribution is 2.19. The number of nitrogens with zero attached hydrogens (tertiary/aromatic N) is 5. The lowest BCUT2D eigenvalue weighted by Gasteiger charge is -2.07. The molecule has 6 nitrogen and oxygen atoms in total. The van der Waals surface area contributed by atoms with Gasteiger partial charge in [-0.05, 0) is 18.6 Å². The minimum absolute atomic E-state index is 0.626. The van der Waals surface area contributed by atoms with E-state index in [1.54, 1.807) is 17.1 Å². The van der Waals surface area contributed by atoms with Crippen LogP contribution in [0.25, 0.3) is 11.5 Å². The summed E-state index contributed by atoms with van der Waals surface area (Å²) in [5.41, 5.74) is 2.63. The predicted molar refractivity (Wildman–Crippen MR) is 81.1 cm³/mol. The van der Waals surface area contributed by atoms with Crippen molar-refractivity contribution < 1.29 is 0 Å². The number of aromatic nitrogens is 5. The van der Waals surface area contributed by atoms with Gasteiger partial charge in [0.2, 0.25) is 0 Å². The van der Waals surface area contributed by atoms with E-state index in [0.717, 1.165) is 29.3 Å². The van der Waals surface area contributed by atoms with Gasteiger partial charge in [0.25, 0.3) is 0 Å². The third kappa shape index (κ3) is 3.05. The van der Waals surface area contributed by atoms with Gasteiger partial charge in [0.1, 0.15) is 11.5 Å². The maximum absolute atomic E-state index is 4.53. The van der Waals surface area contributed by atoms with E-state index in [0.29, 0.717) is 5.82 Å². The molecule has 0 bridgehead atoms. The minimum atomic E-state index is 0.626. The Balaban J connectivity index is 1.97. The van der Waals surface area contributed by atoms with E-state index in [2.05, 4.69) is 32.3 Å². The number of anilines is 2. The molecule has 0 aliphatic heterocycles. The second-order valence-electron chi connectivity index (χ2n) is 4.66. The van der Waals surface area contributed by atoms with E-state index in [1.807, 2.05) is 37.5 Å². The summed E-state index contributed by atoms with van der Waals surface area (Å²) in [6.45, 7) is 2.07. The van der Waals surface area contributed by atoms with Gasteiger partial charge in [-0.25, -0.2) is 9.97 Å². The minimum Gasteiger partial charge on any atom is -0.338 e. The molecular weight excluding hydrogens is 264 g/mol. The summed E-state index contributed by atoms with van der Waals surface area (Å²) in [6.07, 6.45) is 6.23. The average molecular weight is 280 g/mol. The zero-order chi connectivity index (χ0) is 14.7. The van der Waals surface area contributed by atoms with Gasteiger partial charge in [-0.1, -0.05) is 13.0 Å². The van der Waals surface area contributed by atoms with Crippen molar-refractivity contribution in [1.82, 2.24) is 24.7 Å². The fourth-order valence-electron chi connectivity index (χ4n) is 1.99. The first kappa shape index (κ1) is 13.2. The van der Waals surface area contributed by atoms with Crippen molar-refractivity contribution in [3.05, 3.63) is 48.5 Å². The molecule has 0 aliphatic rings. The largest absolute Gasteiger partial charge is 0.338 e. The molecule has 3 heterocycles. The molecular formula is C15H16N6. The van der Waals surface area contributed by atoms with Gasteiger partial charge in [0.15, 0.2) is 5.82 Å². The van der Waals surface area contributed by atoms with E-state index in [9.17, 15) is 0 Å². The van der Waals surface area contributed by atoms with Gasteiger partial charge in [0, 0.05) is 31.2 Å². The highest BCUT2D eigenvalue weighted by Gasteiger charge is 2.08. The van der Waals surface area contributed by atoms with E-state index < -0.39 is 0 Å². The summed E-state index contributed by atoms with van der Waals surface area (Å²) in [5.74, 6) is 1.37. The quantitative estimate of drug-likeness (QED) is 0.795. The maximum atomic E-state index is 4.53. The van der Waals surface area contributed by atoms with Crippen molar-refractivity contribution in [2.45, 2.75) is 13.3 Å². The lowest BCUT2D eigenvalue weighted by molar-refractivity contribution is 0.768. The van der Waals surface area contributed by atoms with Crippen molar-refractivity contribution in [1.29, 1.82) is 0 Å². The molecule has 106 valence electrons. The molecule has 0 unspecified atom stereocenters. The van der Waals surface area contributed by atoms with Crippen molar-refractivity contribution >= 4 is 11.5 Å². The number of hydrogen-bond acceptors (Lipinski definition) is 5. The summed E-state index contributed by atoms with van der Waals surface area (Å²) >= 11 is 0. The number of pyridine rings is 1. The van der Waals surface area contributed by atoms with Crippen molar-refractivity contribution in [2.24, 2.45) is 7.05 Å². The molecule has 3 aromatic heterocycles. The first-order chi connectivity index (χ1) is 10.2. The maximum Gasteiger partial charge on any atom is 0.180 e. The fourth-order valence-corrected chi connectivity index (χ4v) is 1.99. The molecule has 0 aliphatic carbocycles. The van der Waals surface area contributed by atoms with Crippen LogP contribution in [0.5, 0.6) is 0 Å². The molecule has 0 amide bonds. The Labute approximate surface area is 122 Å². The predicted octanol–water partition coefficient (Wildman–Crippen LogP) is 2.58. The van der Waals surface area contributed by atoms with Crippen LogP contribution < -0.4 is 5.32 Å². The van der Waals surface area contributed by atoms with Gasteiger partial charge in [-0.3, -0.25) is 9.67 Å². The van der Waals surface area contributed by atoms with Gasteiger partial charge < -0.3 is 5.32 Å². The Kier molecular flexibility index (Phi) is 3.59.